The van der Waals surface area contributed by atoms with Crippen LogP contribution in [-0.4, -0.2) is 24.4 Å². The van der Waals surface area contributed by atoms with Crippen LogP contribution in [0.5, 0.6) is 0 Å². The number of carbonyl (C=O) groups is 1. The average molecular weight is 296 g/mol. The molecule has 6 heteroatoms. The molecule has 0 saturated carbocycles. The Kier molecular flexibility index (Phi) is 7.05. The van der Waals surface area contributed by atoms with Crippen LogP contribution in [0.15, 0.2) is 18.2 Å². The topological polar surface area (TPSA) is 76.1 Å². The van der Waals surface area contributed by atoms with Gasteiger partial charge in [-0.15, -0.1) is 0 Å². The molecule has 1 unspecified atom stereocenters. The molecule has 2 N–H and O–H groups in total. The number of hydrogen-bond acceptors (Lipinski definition) is 5. The molecule has 20 heavy (non-hydrogen) atoms. The molecule has 0 fully saturated rings. The summed E-state index contributed by atoms with van der Waals surface area (Å²) in [6, 6.07) is 5.67. The number of carbonyl (C=O) groups excluding carboxylic acids is 1. The van der Waals surface area contributed by atoms with E-state index in [0.717, 1.165) is 0 Å². The van der Waals surface area contributed by atoms with Crippen molar-refractivity contribution in [2.24, 2.45) is 5.73 Å². The molecule has 1 aromatic rings. The fraction of sp³-hybridized carbons (Fsp3) is 0.429. The van der Waals surface area contributed by atoms with E-state index >= 15 is 0 Å². The number of nitrogens with zero attached hydrogens (tertiary/aromatic N) is 1. The number of nitriles is 1. The summed E-state index contributed by atoms with van der Waals surface area (Å²) in [4.78, 5) is 11.3. The minimum atomic E-state index is -0.631. The summed E-state index contributed by atoms with van der Waals surface area (Å²) >= 11 is 1.49. The number of halogens is 1. The van der Waals surface area contributed by atoms with Crippen molar-refractivity contribution in [3.05, 3.63) is 35.1 Å². The van der Waals surface area contributed by atoms with Gasteiger partial charge in [0.05, 0.1) is 18.2 Å². The molecule has 0 radical (unpaired) electrons. The molecule has 0 aliphatic rings. The normalized spacial score (nSPS) is 11.7. The van der Waals surface area contributed by atoms with Crippen LogP contribution in [-0.2, 0) is 15.3 Å². The minimum Gasteiger partial charge on any atom is -0.465 e. The van der Waals surface area contributed by atoms with E-state index < -0.39 is 12.0 Å². The third-order valence-corrected chi connectivity index (χ3v) is 3.64. The molecule has 1 rings (SSSR count). The first-order valence-corrected chi connectivity index (χ1v) is 7.42. The molecule has 0 aromatic heterocycles. The Morgan fingerprint density at radius 3 is 2.95 bits per heavy atom. The number of nitrogens with two attached hydrogens (primary N) is 1. The van der Waals surface area contributed by atoms with E-state index in [2.05, 4.69) is 0 Å². The third-order valence-electron chi connectivity index (χ3n) is 2.60. The maximum atomic E-state index is 13.6. The summed E-state index contributed by atoms with van der Waals surface area (Å²) in [7, 11) is 0. The first kappa shape index (κ1) is 16.5. The third kappa shape index (κ3) is 5.19. The maximum absolute atomic E-state index is 13.6. The second-order valence-corrected chi connectivity index (χ2v) is 5.22. The second-order valence-electron chi connectivity index (χ2n) is 4.12. The van der Waals surface area contributed by atoms with Gasteiger partial charge in [0.25, 0.3) is 0 Å². The van der Waals surface area contributed by atoms with Gasteiger partial charge in [-0.2, -0.15) is 17.0 Å². The molecule has 0 saturated heterocycles. The van der Waals surface area contributed by atoms with Gasteiger partial charge in [-0.3, -0.25) is 4.79 Å². The van der Waals surface area contributed by atoms with Crippen molar-refractivity contribution < 1.29 is 13.9 Å². The molecule has 0 amide bonds. The van der Waals surface area contributed by atoms with Crippen LogP contribution >= 0.6 is 11.8 Å². The lowest BCUT2D eigenvalue weighted by molar-refractivity contribution is -0.144. The van der Waals surface area contributed by atoms with E-state index in [1.54, 1.807) is 19.1 Å². The van der Waals surface area contributed by atoms with Crippen LogP contribution in [0.3, 0.4) is 0 Å². The Bertz CT molecular complexity index is 502. The monoisotopic (exact) mass is 296 g/mol. The van der Waals surface area contributed by atoms with Crippen LogP contribution in [0.2, 0.25) is 0 Å². The van der Waals surface area contributed by atoms with Gasteiger partial charge < -0.3 is 10.5 Å². The molecule has 1 atom stereocenters. The summed E-state index contributed by atoms with van der Waals surface area (Å²) < 4.78 is 18.4. The molecular formula is C14H17FN2O2S. The first-order chi connectivity index (χ1) is 9.58. The number of benzene rings is 1. The molecule has 0 spiro atoms. The van der Waals surface area contributed by atoms with Gasteiger partial charge >= 0.3 is 5.97 Å². The van der Waals surface area contributed by atoms with Crippen molar-refractivity contribution in [3.63, 3.8) is 0 Å². The van der Waals surface area contributed by atoms with Crippen molar-refractivity contribution in [1.82, 2.24) is 0 Å². The number of ether oxygens (including phenoxy) is 1. The lowest BCUT2D eigenvalue weighted by Gasteiger charge is -2.10. The van der Waals surface area contributed by atoms with Gasteiger partial charge in [-0.05, 0) is 36.8 Å². The molecule has 108 valence electrons. The number of esters is 1. The van der Waals surface area contributed by atoms with Gasteiger partial charge in [-0.25, -0.2) is 4.39 Å². The molecule has 0 aliphatic heterocycles. The standard InChI is InChI=1S/C14H17FN2O2S/c1-2-19-14(18)13(17)5-6-20-9-11-4-3-10(8-16)7-12(11)15/h3-4,7,13H,2,5-6,9,17H2,1H3. The number of thioether (sulfide) groups is 1. The molecule has 4 nitrogen and oxygen atoms in total. The van der Waals surface area contributed by atoms with E-state index in [1.807, 2.05) is 6.07 Å². The van der Waals surface area contributed by atoms with Crippen molar-refractivity contribution >= 4 is 17.7 Å². The average Bonchev–Trinajstić information content (AvgIpc) is 2.44. The maximum Gasteiger partial charge on any atom is 0.322 e. The SMILES string of the molecule is CCOC(=O)C(N)CCSCc1ccc(C#N)cc1F. The highest BCUT2D eigenvalue weighted by Crippen LogP contribution is 2.18. The molecular weight excluding hydrogens is 279 g/mol. The van der Waals surface area contributed by atoms with Crippen molar-refractivity contribution in [3.8, 4) is 6.07 Å². The zero-order valence-electron chi connectivity index (χ0n) is 11.3. The Morgan fingerprint density at radius 2 is 2.35 bits per heavy atom. The van der Waals surface area contributed by atoms with Gasteiger partial charge in [0.15, 0.2) is 0 Å². The van der Waals surface area contributed by atoms with Crippen LogP contribution in [0.4, 0.5) is 4.39 Å². The summed E-state index contributed by atoms with van der Waals surface area (Å²) in [6.07, 6.45) is 0.487. The second kappa shape index (κ2) is 8.56. The largest absolute Gasteiger partial charge is 0.465 e. The Hall–Kier alpha value is -1.58. The van der Waals surface area contributed by atoms with E-state index in [9.17, 15) is 9.18 Å². The molecule has 0 bridgehead atoms. The lowest BCUT2D eigenvalue weighted by Crippen LogP contribution is -2.32. The highest BCUT2D eigenvalue weighted by Gasteiger charge is 2.14. The van der Waals surface area contributed by atoms with Crippen LogP contribution in [0.25, 0.3) is 0 Å². The van der Waals surface area contributed by atoms with Gasteiger partial charge in [-0.1, -0.05) is 6.07 Å². The minimum absolute atomic E-state index is 0.306. The van der Waals surface area contributed by atoms with Gasteiger partial charge in [0, 0.05) is 5.75 Å². The summed E-state index contributed by atoms with van der Waals surface area (Å²) in [5.74, 6) is 0.330. The Morgan fingerprint density at radius 1 is 1.60 bits per heavy atom. The predicted molar refractivity (Wildman–Crippen MR) is 76.5 cm³/mol. The lowest BCUT2D eigenvalue weighted by atomic mass is 10.1. The van der Waals surface area contributed by atoms with Gasteiger partial charge in [0.1, 0.15) is 11.9 Å². The number of rotatable bonds is 7. The molecule has 0 aliphatic carbocycles. The summed E-state index contributed by atoms with van der Waals surface area (Å²) in [5.41, 5.74) is 6.50. The van der Waals surface area contributed by atoms with Crippen LogP contribution in [0.1, 0.15) is 24.5 Å². The van der Waals surface area contributed by atoms with Crippen molar-refractivity contribution in [1.29, 1.82) is 5.26 Å². The Balaban J connectivity index is 2.35. The fourth-order valence-corrected chi connectivity index (χ4v) is 2.51. The number of hydrogen-bond donors (Lipinski definition) is 1. The summed E-state index contributed by atoms with van der Waals surface area (Å²) in [6.45, 7) is 2.04. The quantitative estimate of drug-likeness (QED) is 0.616. The Labute approximate surface area is 122 Å². The van der Waals surface area contributed by atoms with E-state index in [-0.39, 0.29) is 5.82 Å². The predicted octanol–water partition coefficient (Wildman–Crippen LogP) is 2.21. The highest BCUT2D eigenvalue weighted by atomic mass is 32.2. The zero-order valence-corrected chi connectivity index (χ0v) is 12.1. The van der Waals surface area contributed by atoms with E-state index in [4.69, 9.17) is 15.7 Å². The highest BCUT2D eigenvalue weighted by molar-refractivity contribution is 7.98. The van der Waals surface area contributed by atoms with Gasteiger partial charge in [0.2, 0.25) is 0 Å². The van der Waals surface area contributed by atoms with E-state index in [1.165, 1.54) is 17.8 Å². The summed E-state index contributed by atoms with van der Waals surface area (Å²) in [5, 5.41) is 8.64. The zero-order chi connectivity index (χ0) is 15.0. The smallest absolute Gasteiger partial charge is 0.322 e. The molecule has 0 heterocycles. The first-order valence-electron chi connectivity index (χ1n) is 6.27. The van der Waals surface area contributed by atoms with E-state index in [0.29, 0.717) is 35.7 Å². The van der Waals surface area contributed by atoms with Crippen molar-refractivity contribution in [2.45, 2.75) is 25.1 Å². The molecule has 1 aromatic carbocycles. The van der Waals surface area contributed by atoms with Crippen molar-refractivity contribution in [2.75, 3.05) is 12.4 Å². The van der Waals surface area contributed by atoms with Crippen LogP contribution < -0.4 is 5.73 Å². The van der Waals surface area contributed by atoms with Crippen LogP contribution in [0, 0.1) is 17.1 Å². The fourth-order valence-electron chi connectivity index (χ4n) is 1.49.